The van der Waals surface area contributed by atoms with Crippen LogP contribution in [-0.4, -0.2) is 24.9 Å². The molecule has 0 bridgehead atoms. The van der Waals surface area contributed by atoms with Crippen LogP contribution in [0.4, 0.5) is 0 Å². The van der Waals surface area contributed by atoms with Crippen LogP contribution in [0.3, 0.4) is 0 Å². The van der Waals surface area contributed by atoms with Gasteiger partial charge in [-0.1, -0.05) is 161 Å². The highest BCUT2D eigenvalue weighted by Gasteiger charge is 2.16. The summed E-state index contributed by atoms with van der Waals surface area (Å²) in [4.78, 5) is 25.3. The minimum atomic E-state index is 0.325. The Morgan fingerprint density at radius 2 is 1.02 bits per heavy atom. The van der Waals surface area contributed by atoms with Gasteiger partial charge >= 0.3 is 0 Å². The third kappa shape index (κ3) is 6.98. The van der Waals surface area contributed by atoms with Gasteiger partial charge in [-0.15, -0.1) is 0 Å². The zero-order chi connectivity index (χ0) is 40.7. The zero-order valence-electron chi connectivity index (χ0n) is 34.1. The first-order valence-electron chi connectivity index (χ1n) is 20.7. The van der Waals surface area contributed by atoms with E-state index in [2.05, 4.69) is 172 Å². The van der Waals surface area contributed by atoms with Gasteiger partial charge in [0.1, 0.15) is 0 Å². The fourth-order valence-electron chi connectivity index (χ4n) is 8.20. The van der Waals surface area contributed by atoms with Gasteiger partial charge in [-0.3, -0.25) is 9.97 Å². The molecule has 5 heteroatoms. The predicted octanol–water partition coefficient (Wildman–Crippen LogP) is 14.4. The van der Waals surface area contributed by atoms with Gasteiger partial charge in [0.05, 0.1) is 28.1 Å². The SMILES string of the molecule is CC(C)c1cc(C(C)C)c2ccc3ccc(-c4cccc(-c5ccc(-c6nc(-c7ccccc7)cc(-c7cccc(-c8cncc9ccccc89)c7)n6)cc5)c4)nc3c2n1. The van der Waals surface area contributed by atoms with Crippen molar-refractivity contribution in [3.05, 3.63) is 187 Å². The number of pyridine rings is 3. The van der Waals surface area contributed by atoms with E-state index in [1.165, 1.54) is 16.3 Å². The molecule has 6 aromatic carbocycles. The van der Waals surface area contributed by atoms with Crippen molar-refractivity contribution in [2.24, 2.45) is 0 Å². The molecule has 0 saturated carbocycles. The maximum absolute atomic E-state index is 5.28. The summed E-state index contributed by atoms with van der Waals surface area (Å²) in [7, 11) is 0. The van der Waals surface area contributed by atoms with Gasteiger partial charge in [0.25, 0.3) is 0 Å². The summed E-state index contributed by atoms with van der Waals surface area (Å²) >= 11 is 0. The molecule has 0 saturated heterocycles. The molecule has 0 aliphatic heterocycles. The molecule has 4 aromatic heterocycles. The van der Waals surface area contributed by atoms with Crippen molar-refractivity contribution >= 4 is 32.6 Å². The van der Waals surface area contributed by atoms with E-state index in [-0.39, 0.29) is 0 Å². The number of hydrogen-bond donors (Lipinski definition) is 0. The van der Waals surface area contributed by atoms with Gasteiger partial charge in [-0.2, -0.15) is 0 Å². The first-order chi connectivity index (χ1) is 29.4. The lowest BCUT2D eigenvalue weighted by Gasteiger charge is -2.16. The summed E-state index contributed by atoms with van der Waals surface area (Å²) in [5, 5.41) is 4.56. The molecule has 0 N–H and O–H groups in total. The lowest BCUT2D eigenvalue weighted by atomic mass is 9.94. The Labute approximate surface area is 350 Å². The molecular formula is C55H43N5. The van der Waals surface area contributed by atoms with Gasteiger partial charge in [0, 0.05) is 62.1 Å². The summed E-state index contributed by atoms with van der Waals surface area (Å²) in [5.41, 5.74) is 15.5. The number of aromatic nitrogens is 5. The van der Waals surface area contributed by atoms with Crippen molar-refractivity contribution in [2.75, 3.05) is 0 Å². The van der Waals surface area contributed by atoms with Crippen LogP contribution in [0.15, 0.2) is 176 Å². The van der Waals surface area contributed by atoms with Gasteiger partial charge in [-0.05, 0) is 69.8 Å². The Morgan fingerprint density at radius 3 is 1.80 bits per heavy atom. The molecule has 5 nitrogen and oxygen atoms in total. The first kappa shape index (κ1) is 36.9. The summed E-state index contributed by atoms with van der Waals surface area (Å²) in [6, 6.07) is 57.5. The summed E-state index contributed by atoms with van der Waals surface area (Å²) < 4.78 is 0. The van der Waals surface area contributed by atoms with Crippen LogP contribution in [0.25, 0.3) is 100.0 Å². The number of fused-ring (bicyclic) bond motifs is 4. The smallest absolute Gasteiger partial charge is 0.160 e. The molecule has 0 spiro atoms. The standard InChI is InChI=1S/C55H43N5/c1-34(2)47-30-50(35(3)4)58-54-46(47)26-24-38-25-27-49(57-53(38)54)42-17-10-15-40(28-42)36-20-22-39(23-21-36)55-59-51(37-12-6-5-7-13-37)31-52(60-55)43-18-11-16-41(29-43)48-33-56-32-44-14-8-9-19-45(44)48/h5-35H,1-4H3. The summed E-state index contributed by atoms with van der Waals surface area (Å²) in [6.07, 6.45) is 3.86. The highest BCUT2D eigenvalue weighted by Crippen LogP contribution is 2.36. The average Bonchev–Trinajstić information content (AvgIpc) is 3.31. The zero-order valence-corrected chi connectivity index (χ0v) is 34.1. The molecule has 0 radical (unpaired) electrons. The molecule has 60 heavy (non-hydrogen) atoms. The third-order valence-corrected chi connectivity index (χ3v) is 11.5. The van der Waals surface area contributed by atoms with Crippen LogP contribution >= 0.6 is 0 Å². The highest BCUT2D eigenvalue weighted by atomic mass is 14.9. The van der Waals surface area contributed by atoms with Crippen LogP contribution in [0.1, 0.15) is 50.8 Å². The molecule has 0 fully saturated rings. The number of rotatable bonds is 8. The van der Waals surface area contributed by atoms with Crippen LogP contribution < -0.4 is 0 Å². The third-order valence-electron chi connectivity index (χ3n) is 11.5. The van der Waals surface area contributed by atoms with E-state index in [9.17, 15) is 0 Å². The lowest BCUT2D eigenvalue weighted by Crippen LogP contribution is -2.00. The number of benzene rings is 6. The van der Waals surface area contributed by atoms with Gasteiger partial charge in [-0.25, -0.2) is 15.0 Å². The van der Waals surface area contributed by atoms with Gasteiger partial charge in [0.15, 0.2) is 5.82 Å². The monoisotopic (exact) mass is 773 g/mol. The number of hydrogen-bond acceptors (Lipinski definition) is 5. The van der Waals surface area contributed by atoms with Crippen LogP contribution in [0, 0.1) is 0 Å². The van der Waals surface area contributed by atoms with E-state index in [1.807, 2.05) is 36.7 Å². The molecule has 288 valence electrons. The normalized spacial score (nSPS) is 11.6. The average molecular weight is 774 g/mol. The molecule has 0 amide bonds. The quantitative estimate of drug-likeness (QED) is 0.144. The minimum Gasteiger partial charge on any atom is -0.263 e. The first-order valence-corrected chi connectivity index (χ1v) is 20.7. The maximum Gasteiger partial charge on any atom is 0.160 e. The van der Waals surface area contributed by atoms with Crippen molar-refractivity contribution in [1.82, 2.24) is 24.9 Å². The lowest BCUT2D eigenvalue weighted by molar-refractivity contribution is 0.811. The van der Waals surface area contributed by atoms with E-state index in [1.54, 1.807) is 0 Å². The molecule has 0 aliphatic carbocycles. The number of nitrogens with zero attached hydrogens (tertiary/aromatic N) is 5. The Hall–Kier alpha value is -7.37. The van der Waals surface area contributed by atoms with E-state index in [4.69, 9.17) is 19.9 Å². The molecule has 10 aromatic rings. The van der Waals surface area contributed by atoms with Crippen molar-refractivity contribution in [1.29, 1.82) is 0 Å². The van der Waals surface area contributed by atoms with E-state index in [0.29, 0.717) is 17.7 Å². The summed E-state index contributed by atoms with van der Waals surface area (Å²) in [5.74, 6) is 1.38. The second-order valence-corrected chi connectivity index (χ2v) is 16.2. The van der Waals surface area contributed by atoms with Crippen LogP contribution in [0.5, 0.6) is 0 Å². The molecule has 4 heterocycles. The van der Waals surface area contributed by atoms with Gasteiger partial charge in [0.2, 0.25) is 0 Å². The molecule has 10 rings (SSSR count). The fourth-order valence-corrected chi connectivity index (χ4v) is 8.20. The molecule has 0 unspecified atom stereocenters. The van der Waals surface area contributed by atoms with Crippen molar-refractivity contribution < 1.29 is 0 Å². The fraction of sp³-hybridized carbons (Fsp3) is 0.109. The van der Waals surface area contributed by atoms with Crippen molar-refractivity contribution in [3.8, 4) is 67.4 Å². The van der Waals surface area contributed by atoms with Crippen molar-refractivity contribution in [3.63, 3.8) is 0 Å². The minimum absolute atomic E-state index is 0.325. The second-order valence-electron chi connectivity index (χ2n) is 16.2. The van der Waals surface area contributed by atoms with E-state index in [0.717, 1.165) is 89.1 Å². The van der Waals surface area contributed by atoms with Gasteiger partial charge < -0.3 is 0 Å². The Kier molecular flexibility index (Phi) is 9.50. The van der Waals surface area contributed by atoms with Crippen molar-refractivity contribution in [2.45, 2.75) is 39.5 Å². The van der Waals surface area contributed by atoms with E-state index < -0.39 is 0 Å². The highest BCUT2D eigenvalue weighted by molar-refractivity contribution is 6.05. The van der Waals surface area contributed by atoms with E-state index >= 15 is 0 Å². The Balaban J connectivity index is 1.01. The predicted molar refractivity (Wildman–Crippen MR) is 249 cm³/mol. The van der Waals surface area contributed by atoms with Crippen LogP contribution in [0.2, 0.25) is 0 Å². The Bertz CT molecular complexity index is 3200. The topological polar surface area (TPSA) is 64.5 Å². The second kappa shape index (κ2) is 15.4. The largest absolute Gasteiger partial charge is 0.263 e. The molecular weight excluding hydrogens is 731 g/mol. The van der Waals surface area contributed by atoms with Crippen LogP contribution in [-0.2, 0) is 0 Å². The molecule has 0 aliphatic rings. The Morgan fingerprint density at radius 1 is 0.367 bits per heavy atom. The maximum atomic E-state index is 5.28. The molecule has 0 atom stereocenters. The summed E-state index contributed by atoms with van der Waals surface area (Å²) in [6.45, 7) is 8.92.